The molecule has 7 heteroatoms. The van der Waals surface area contributed by atoms with Crippen molar-refractivity contribution in [2.75, 3.05) is 11.9 Å². The number of nitrogens with one attached hydrogen (secondary N) is 2. The number of halogens is 1. The summed E-state index contributed by atoms with van der Waals surface area (Å²) in [7, 11) is 0. The maximum absolute atomic E-state index is 11.9. The molecule has 0 aromatic heterocycles. The van der Waals surface area contributed by atoms with Gasteiger partial charge in [0, 0.05) is 10.2 Å². The molecule has 0 aliphatic heterocycles. The molecule has 0 heterocycles. The summed E-state index contributed by atoms with van der Waals surface area (Å²) in [6.07, 6.45) is 0. The molecule has 0 saturated carbocycles. The molecule has 1 amide bonds. The van der Waals surface area contributed by atoms with E-state index < -0.39 is 11.9 Å². The van der Waals surface area contributed by atoms with Crippen molar-refractivity contribution < 1.29 is 14.3 Å². The van der Waals surface area contributed by atoms with E-state index in [0.717, 1.165) is 11.3 Å². The van der Waals surface area contributed by atoms with E-state index in [9.17, 15) is 9.59 Å². The summed E-state index contributed by atoms with van der Waals surface area (Å²) < 4.78 is 5.90. The number of nitrogens with two attached hydrogens (primary N) is 1. The van der Waals surface area contributed by atoms with Crippen LogP contribution in [0, 0.1) is 6.92 Å². The SMILES string of the molecule is Cc1ccc(NCC(=O)Oc2ccc(Br)cc2C(=O)NN)cc1. The Hall–Kier alpha value is -2.38. The summed E-state index contributed by atoms with van der Waals surface area (Å²) in [5.41, 5.74) is 4.13. The number of hydrazine groups is 1. The van der Waals surface area contributed by atoms with Crippen LogP contribution in [0.15, 0.2) is 46.9 Å². The van der Waals surface area contributed by atoms with E-state index in [2.05, 4.69) is 21.2 Å². The fraction of sp³-hybridized carbons (Fsp3) is 0.125. The van der Waals surface area contributed by atoms with E-state index in [1.54, 1.807) is 6.07 Å². The summed E-state index contributed by atoms with van der Waals surface area (Å²) in [6, 6.07) is 12.3. The number of ether oxygens (including phenoxy) is 1. The molecule has 23 heavy (non-hydrogen) atoms. The average Bonchev–Trinajstić information content (AvgIpc) is 2.55. The van der Waals surface area contributed by atoms with E-state index in [1.165, 1.54) is 12.1 Å². The molecule has 6 nitrogen and oxygen atoms in total. The normalized spacial score (nSPS) is 10.0. The lowest BCUT2D eigenvalue weighted by Gasteiger charge is -2.10. The van der Waals surface area contributed by atoms with Crippen LogP contribution >= 0.6 is 15.9 Å². The van der Waals surface area contributed by atoms with Crippen molar-refractivity contribution in [1.82, 2.24) is 5.43 Å². The Bertz CT molecular complexity index is 717. The zero-order valence-corrected chi connectivity index (χ0v) is 14.0. The molecule has 0 aliphatic rings. The highest BCUT2D eigenvalue weighted by Gasteiger charge is 2.15. The first-order valence-electron chi connectivity index (χ1n) is 6.81. The number of esters is 1. The van der Waals surface area contributed by atoms with Gasteiger partial charge in [-0.05, 0) is 37.3 Å². The van der Waals surface area contributed by atoms with Gasteiger partial charge in [0.15, 0.2) is 0 Å². The van der Waals surface area contributed by atoms with Crippen molar-refractivity contribution in [3.63, 3.8) is 0 Å². The van der Waals surface area contributed by atoms with Crippen molar-refractivity contribution >= 4 is 33.5 Å². The van der Waals surface area contributed by atoms with Crippen LogP contribution in [0.3, 0.4) is 0 Å². The van der Waals surface area contributed by atoms with Crippen LogP contribution in [-0.2, 0) is 4.79 Å². The Morgan fingerprint density at radius 1 is 1.17 bits per heavy atom. The maximum atomic E-state index is 11.9. The predicted octanol–water partition coefficient (Wildman–Crippen LogP) is 2.38. The van der Waals surface area contributed by atoms with Gasteiger partial charge in [-0.1, -0.05) is 33.6 Å². The van der Waals surface area contributed by atoms with Gasteiger partial charge in [0.25, 0.3) is 5.91 Å². The number of rotatable bonds is 5. The molecule has 2 aromatic carbocycles. The number of hydrogen-bond donors (Lipinski definition) is 3. The first-order chi connectivity index (χ1) is 11.0. The van der Waals surface area contributed by atoms with Crippen LogP contribution in [0.4, 0.5) is 5.69 Å². The standard InChI is InChI=1S/C16H16BrN3O3/c1-10-2-5-12(6-3-10)19-9-15(21)23-14-7-4-11(17)8-13(14)16(22)20-18/h2-8,19H,9,18H2,1H3,(H,20,22). The molecule has 0 saturated heterocycles. The molecule has 0 spiro atoms. The highest BCUT2D eigenvalue weighted by molar-refractivity contribution is 9.10. The Labute approximate surface area is 142 Å². The van der Waals surface area contributed by atoms with Crippen LogP contribution in [0.1, 0.15) is 15.9 Å². The molecule has 0 radical (unpaired) electrons. The van der Waals surface area contributed by atoms with E-state index in [-0.39, 0.29) is 17.9 Å². The summed E-state index contributed by atoms with van der Waals surface area (Å²) >= 11 is 3.25. The summed E-state index contributed by atoms with van der Waals surface area (Å²) in [5, 5.41) is 2.96. The molecule has 0 aliphatic carbocycles. The average molecular weight is 378 g/mol. The van der Waals surface area contributed by atoms with Crippen molar-refractivity contribution in [3.05, 3.63) is 58.1 Å². The van der Waals surface area contributed by atoms with E-state index in [1.807, 2.05) is 36.6 Å². The third-order valence-corrected chi connectivity index (χ3v) is 3.52. The van der Waals surface area contributed by atoms with E-state index >= 15 is 0 Å². The zero-order valence-electron chi connectivity index (χ0n) is 12.4. The van der Waals surface area contributed by atoms with Crippen LogP contribution in [0.25, 0.3) is 0 Å². The molecule has 2 aromatic rings. The van der Waals surface area contributed by atoms with Crippen LogP contribution in [0.2, 0.25) is 0 Å². The van der Waals surface area contributed by atoms with Gasteiger partial charge in [0.1, 0.15) is 12.3 Å². The largest absolute Gasteiger partial charge is 0.424 e. The molecule has 0 bridgehead atoms. The minimum Gasteiger partial charge on any atom is -0.424 e. The van der Waals surface area contributed by atoms with Crippen LogP contribution in [-0.4, -0.2) is 18.4 Å². The maximum Gasteiger partial charge on any atom is 0.330 e. The van der Waals surface area contributed by atoms with Gasteiger partial charge in [0.2, 0.25) is 0 Å². The van der Waals surface area contributed by atoms with Crippen LogP contribution in [0.5, 0.6) is 5.75 Å². The summed E-state index contributed by atoms with van der Waals surface area (Å²) in [6.45, 7) is 1.96. The number of benzene rings is 2. The second-order valence-electron chi connectivity index (χ2n) is 4.81. The van der Waals surface area contributed by atoms with E-state index in [0.29, 0.717) is 4.47 Å². The molecular formula is C16H16BrN3O3. The van der Waals surface area contributed by atoms with Gasteiger partial charge in [-0.25, -0.2) is 10.6 Å². The van der Waals surface area contributed by atoms with Gasteiger partial charge in [0.05, 0.1) is 5.56 Å². The predicted molar refractivity (Wildman–Crippen MR) is 91.1 cm³/mol. The second-order valence-corrected chi connectivity index (χ2v) is 5.72. The quantitative estimate of drug-likeness (QED) is 0.244. The fourth-order valence-corrected chi connectivity index (χ4v) is 2.21. The number of hydrogen-bond acceptors (Lipinski definition) is 5. The second kappa shape index (κ2) is 7.75. The molecule has 0 unspecified atom stereocenters. The number of nitrogen functional groups attached to an aromatic ring is 1. The topological polar surface area (TPSA) is 93.4 Å². The number of aryl methyl sites for hydroxylation is 1. The highest BCUT2D eigenvalue weighted by Crippen LogP contribution is 2.23. The van der Waals surface area contributed by atoms with Crippen molar-refractivity contribution in [1.29, 1.82) is 0 Å². The van der Waals surface area contributed by atoms with Crippen molar-refractivity contribution in [2.45, 2.75) is 6.92 Å². The first kappa shape index (κ1) is 17.0. The molecule has 4 N–H and O–H groups in total. The molecule has 120 valence electrons. The Kier molecular flexibility index (Phi) is 5.72. The van der Waals surface area contributed by atoms with Crippen LogP contribution < -0.4 is 21.3 Å². The Morgan fingerprint density at radius 3 is 2.52 bits per heavy atom. The van der Waals surface area contributed by atoms with Crippen molar-refractivity contribution in [2.24, 2.45) is 5.84 Å². The zero-order chi connectivity index (χ0) is 16.8. The van der Waals surface area contributed by atoms with Crippen molar-refractivity contribution in [3.8, 4) is 5.75 Å². The minimum atomic E-state index is -0.541. The lowest BCUT2D eigenvalue weighted by Crippen LogP contribution is -2.31. The molecule has 2 rings (SSSR count). The van der Waals surface area contributed by atoms with Gasteiger partial charge < -0.3 is 10.1 Å². The smallest absolute Gasteiger partial charge is 0.330 e. The Morgan fingerprint density at radius 2 is 1.87 bits per heavy atom. The van der Waals surface area contributed by atoms with Gasteiger partial charge in [-0.15, -0.1) is 0 Å². The minimum absolute atomic E-state index is 0.0250. The first-order valence-corrected chi connectivity index (χ1v) is 7.60. The lowest BCUT2D eigenvalue weighted by molar-refractivity contribution is -0.132. The molecule has 0 atom stereocenters. The number of carbonyl (C=O) groups is 2. The number of anilines is 1. The number of carbonyl (C=O) groups excluding carboxylic acids is 2. The summed E-state index contributed by atoms with van der Waals surface area (Å²) in [5.74, 6) is 4.22. The molecular weight excluding hydrogens is 362 g/mol. The monoisotopic (exact) mass is 377 g/mol. The third-order valence-electron chi connectivity index (χ3n) is 3.03. The van der Waals surface area contributed by atoms with E-state index in [4.69, 9.17) is 10.6 Å². The summed E-state index contributed by atoms with van der Waals surface area (Å²) in [4.78, 5) is 23.7. The van der Waals surface area contributed by atoms with Gasteiger partial charge in [-0.3, -0.25) is 10.2 Å². The fourth-order valence-electron chi connectivity index (χ4n) is 1.85. The third kappa shape index (κ3) is 4.80. The molecule has 0 fully saturated rings. The highest BCUT2D eigenvalue weighted by atomic mass is 79.9. The lowest BCUT2D eigenvalue weighted by atomic mass is 10.2. The van der Waals surface area contributed by atoms with Gasteiger partial charge >= 0.3 is 5.97 Å². The van der Waals surface area contributed by atoms with Gasteiger partial charge in [-0.2, -0.15) is 0 Å². The Balaban J connectivity index is 2.02. The number of amides is 1.